The Kier molecular flexibility index (Phi) is 1.60. The minimum Gasteiger partial charge on any atom is -0.261 e. The van der Waals surface area contributed by atoms with Crippen LogP contribution < -0.4 is 0 Å². The van der Waals surface area contributed by atoms with Crippen molar-refractivity contribution in [2.24, 2.45) is 5.10 Å². The zero-order valence-electron chi connectivity index (χ0n) is 5.71. The fourth-order valence-corrected chi connectivity index (χ4v) is 0.752. The molecule has 0 saturated heterocycles. The number of rotatable bonds is 1. The highest BCUT2D eigenvalue weighted by Crippen LogP contribution is 2.08. The highest BCUT2D eigenvalue weighted by molar-refractivity contribution is 5.58. The van der Waals surface area contributed by atoms with Crippen molar-refractivity contribution in [1.29, 1.82) is 5.26 Å². The number of hydrazone groups is 1. The van der Waals surface area contributed by atoms with E-state index >= 15 is 0 Å². The van der Waals surface area contributed by atoms with Gasteiger partial charge in [-0.1, -0.05) is 0 Å². The van der Waals surface area contributed by atoms with Crippen molar-refractivity contribution >= 4 is 6.34 Å². The molecule has 1 unspecified atom stereocenters. The number of hydrogen-bond donors (Lipinski definition) is 0. The van der Waals surface area contributed by atoms with Gasteiger partial charge in [0.25, 0.3) is 0 Å². The number of nitriles is 1. The van der Waals surface area contributed by atoms with Gasteiger partial charge < -0.3 is 0 Å². The van der Waals surface area contributed by atoms with Gasteiger partial charge in [0.15, 0.2) is 6.19 Å². The molecule has 0 fully saturated rings. The molecule has 1 atom stereocenters. The molecule has 1 aliphatic rings. The highest BCUT2D eigenvalue weighted by Gasteiger charge is 2.35. The van der Waals surface area contributed by atoms with Gasteiger partial charge in [0.2, 0.25) is 0 Å². The molecule has 0 bridgehead atoms. The summed E-state index contributed by atoms with van der Waals surface area (Å²) in [5, 5.41) is 23.3. The molecule has 0 amide bonds. The van der Waals surface area contributed by atoms with E-state index < -0.39 is 11.2 Å². The Morgan fingerprint density at radius 3 is 2.91 bits per heavy atom. The summed E-state index contributed by atoms with van der Waals surface area (Å²) in [6.07, 6.45) is 1.56. The molecule has 0 aromatic heterocycles. The first-order valence-corrected chi connectivity index (χ1v) is 2.75. The second-order valence-electron chi connectivity index (χ2n) is 1.94. The molecule has 0 radical (unpaired) electrons. The zero-order valence-corrected chi connectivity index (χ0v) is 5.71. The first-order valence-electron chi connectivity index (χ1n) is 2.75. The summed E-state index contributed by atoms with van der Waals surface area (Å²) in [7, 11) is 1.43. The highest BCUT2D eigenvalue weighted by atomic mass is 16.6. The smallest absolute Gasteiger partial charge is 0.261 e. The van der Waals surface area contributed by atoms with Gasteiger partial charge in [0.05, 0.1) is 4.92 Å². The number of hydrogen-bond acceptors (Lipinski definition) is 6. The van der Waals surface area contributed by atoms with Crippen LogP contribution in [-0.2, 0) is 0 Å². The van der Waals surface area contributed by atoms with Crippen molar-refractivity contribution in [1.82, 2.24) is 9.91 Å². The molecule has 0 saturated carbocycles. The van der Waals surface area contributed by atoms with Crippen LogP contribution in [0, 0.1) is 21.6 Å². The molecular formula is C4H5N5O2. The molecule has 7 heteroatoms. The summed E-state index contributed by atoms with van der Waals surface area (Å²) in [6.45, 7) is 0. The third kappa shape index (κ3) is 1.05. The van der Waals surface area contributed by atoms with E-state index in [0.717, 1.165) is 16.2 Å². The van der Waals surface area contributed by atoms with E-state index in [-0.39, 0.29) is 0 Å². The molecule has 0 aliphatic carbocycles. The molecule has 0 spiro atoms. The van der Waals surface area contributed by atoms with Crippen LogP contribution in [0.3, 0.4) is 0 Å². The lowest BCUT2D eigenvalue weighted by Gasteiger charge is -2.13. The van der Waals surface area contributed by atoms with E-state index in [9.17, 15) is 10.1 Å². The van der Waals surface area contributed by atoms with Crippen LogP contribution >= 0.6 is 0 Å². The van der Waals surface area contributed by atoms with Crippen LogP contribution in [0.25, 0.3) is 0 Å². The van der Waals surface area contributed by atoms with Gasteiger partial charge in [-0.15, -0.1) is 0 Å². The molecular weight excluding hydrogens is 150 g/mol. The molecule has 1 heterocycles. The lowest BCUT2D eigenvalue weighted by molar-refractivity contribution is -0.565. The fraction of sp³-hybridized carbons (Fsp3) is 0.500. The second-order valence-corrected chi connectivity index (χ2v) is 1.94. The predicted molar refractivity (Wildman–Crippen MR) is 34.5 cm³/mol. The number of nitrogens with zero attached hydrogens (tertiary/aromatic N) is 5. The van der Waals surface area contributed by atoms with Crippen LogP contribution in [0.5, 0.6) is 0 Å². The van der Waals surface area contributed by atoms with E-state index in [4.69, 9.17) is 5.26 Å². The lowest BCUT2D eigenvalue weighted by Crippen LogP contribution is -2.41. The average Bonchev–Trinajstić information content (AvgIpc) is 2.30. The Labute approximate surface area is 62.3 Å². The van der Waals surface area contributed by atoms with Gasteiger partial charge in [-0.3, -0.25) is 10.1 Å². The van der Waals surface area contributed by atoms with E-state index in [1.54, 1.807) is 6.19 Å². The van der Waals surface area contributed by atoms with Crippen molar-refractivity contribution in [3.8, 4) is 6.19 Å². The zero-order chi connectivity index (χ0) is 8.43. The molecule has 58 valence electrons. The van der Waals surface area contributed by atoms with Crippen LogP contribution in [-0.4, -0.2) is 34.5 Å². The minimum absolute atomic E-state index is 0.587. The van der Waals surface area contributed by atoms with Gasteiger partial charge in [-0.2, -0.15) is 15.3 Å². The summed E-state index contributed by atoms with van der Waals surface area (Å²) in [4.78, 5) is 10.5. The van der Waals surface area contributed by atoms with Gasteiger partial charge in [0, 0.05) is 7.05 Å². The average molecular weight is 155 g/mol. The Bertz CT molecular complexity index is 243. The normalized spacial score (nSPS) is 22.0. The Balaban J connectivity index is 2.79. The maximum absolute atomic E-state index is 10.3. The summed E-state index contributed by atoms with van der Waals surface area (Å²) in [5.41, 5.74) is 0. The number of nitro groups is 1. The van der Waals surface area contributed by atoms with E-state index in [2.05, 4.69) is 5.10 Å². The molecule has 11 heavy (non-hydrogen) atoms. The van der Waals surface area contributed by atoms with Gasteiger partial charge in [-0.25, -0.2) is 5.01 Å². The first kappa shape index (κ1) is 7.27. The van der Waals surface area contributed by atoms with Crippen LogP contribution in [0.2, 0.25) is 0 Å². The fourth-order valence-electron chi connectivity index (χ4n) is 0.752. The molecule has 0 N–H and O–H groups in total. The largest absolute Gasteiger partial charge is 0.395 e. The van der Waals surface area contributed by atoms with Crippen molar-refractivity contribution in [2.75, 3.05) is 7.05 Å². The van der Waals surface area contributed by atoms with Crippen LogP contribution in [0.15, 0.2) is 5.10 Å². The molecule has 0 aromatic carbocycles. The predicted octanol–water partition coefficient (Wildman–Crippen LogP) is -0.782. The monoisotopic (exact) mass is 155 g/mol. The lowest BCUT2D eigenvalue weighted by atomic mass is 10.7. The second kappa shape index (κ2) is 2.42. The van der Waals surface area contributed by atoms with Crippen molar-refractivity contribution in [2.45, 2.75) is 6.29 Å². The summed E-state index contributed by atoms with van der Waals surface area (Å²) in [5.74, 6) is 0. The quantitative estimate of drug-likeness (QED) is 0.281. The van der Waals surface area contributed by atoms with Gasteiger partial charge in [-0.05, 0) is 0 Å². The Hall–Kier alpha value is -1.84. The van der Waals surface area contributed by atoms with Crippen molar-refractivity contribution < 1.29 is 4.92 Å². The van der Waals surface area contributed by atoms with Gasteiger partial charge in [0.1, 0.15) is 6.34 Å². The van der Waals surface area contributed by atoms with Crippen LogP contribution in [0.1, 0.15) is 0 Å². The molecule has 0 aromatic rings. The summed E-state index contributed by atoms with van der Waals surface area (Å²) < 4.78 is 0. The van der Waals surface area contributed by atoms with E-state index in [0.29, 0.717) is 0 Å². The summed E-state index contributed by atoms with van der Waals surface area (Å²) >= 11 is 0. The summed E-state index contributed by atoms with van der Waals surface area (Å²) in [6, 6.07) is 0. The third-order valence-corrected chi connectivity index (χ3v) is 1.25. The SMILES string of the molecule is CN1N=CN(C#N)C1[N+](=O)[O-]. The standard InChI is InChI=1S/C4H5N5O2/c1-7-4(9(10)11)8(2-5)3-6-7/h3-4H,1H3. The van der Waals surface area contributed by atoms with Crippen LogP contribution in [0.4, 0.5) is 0 Å². The minimum atomic E-state index is -1.18. The van der Waals surface area contributed by atoms with Gasteiger partial charge >= 0.3 is 6.29 Å². The van der Waals surface area contributed by atoms with Crippen molar-refractivity contribution in [3.63, 3.8) is 0 Å². The van der Waals surface area contributed by atoms with E-state index in [1.807, 2.05) is 0 Å². The molecule has 7 nitrogen and oxygen atoms in total. The maximum atomic E-state index is 10.3. The Morgan fingerprint density at radius 1 is 1.91 bits per heavy atom. The Morgan fingerprint density at radius 2 is 2.55 bits per heavy atom. The molecule has 1 aliphatic heterocycles. The van der Waals surface area contributed by atoms with Crippen molar-refractivity contribution in [3.05, 3.63) is 10.1 Å². The maximum Gasteiger partial charge on any atom is 0.395 e. The third-order valence-electron chi connectivity index (χ3n) is 1.25. The topological polar surface area (TPSA) is 85.8 Å². The van der Waals surface area contributed by atoms with E-state index in [1.165, 1.54) is 7.05 Å². The molecule has 1 rings (SSSR count). The first-order chi connectivity index (χ1) is 5.16.